The second-order valence-corrected chi connectivity index (χ2v) is 8.76. The number of nitrogens with one attached hydrogen (secondary N) is 1. The first-order valence-corrected chi connectivity index (χ1v) is 11.3. The van der Waals surface area contributed by atoms with Gasteiger partial charge in [-0.25, -0.2) is 4.98 Å². The van der Waals surface area contributed by atoms with Crippen molar-refractivity contribution in [3.63, 3.8) is 0 Å². The number of thiazole rings is 1. The van der Waals surface area contributed by atoms with Crippen LogP contribution in [0.25, 0.3) is 9.88 Å². The number of amides is 1. The number of rotatable bonds is 9. The molecule has 0 spiro atoms. The predicted molar refractivity (Wildman–Crippen MR) is 117 cm³/mol. The topological polar surface area (TPSA) is 68.3 Å². The fourth-order valence-corrected chi connectivity index (χ4v) is 4.35. The summed E-state index contributed by atoms with van der Waals surface area (Å²) in [6.07, 6.45) is 0.805. The van der Waals surface area contributed by atoms with E-state index in [0.717, 1.165) is 21.9 Å². The second kappa shape index (κ2) is 10.3. The predicted octanol–water partition coefficient (Wildman–Crippen LogP) is 4.44. The molecule has 5 nitrogen and oxygen atoms in total. The minimum absolute atomic E-state index is 0.0668. The van der Waals surface area contributed by atoms with Crippen LogP contribution in [0.3, 0.4) is 0 Å². The Bertz CT molecular complexity index is 931. The number of carbonyl (C=O) groups is 2. The molecule has 3 rings (SSSR count). The van der Waals surface area contributed by atoms with Gasteiger partial charge in [0.15, 0.2) is 6.61 Å². The number of hydrogen-bond acceptors (Lipinski definition) is 6. The summed E-state index contributed by atoms with van der Waals surface area (Å²) in [7, 11) is 0. The van der Waals surface area contributed by atoms with Crippen LogP contribution in [-0.4, -0.2) is 30.0 Å². The Balaban J connectivity index is 1.35. The van der Waals surface area contributed by atoms with E-state index in [-0.39, 0.29) is 18.9 Å². The fourth-order valence-electron chi connectivity index (χ4n) is 2.71. The monoisotopic (exact) mass is 428 g/mol. The molecule has 0 saturated heterocycles. The van der Waals surface area contributed by atoms with Gasteiger partial charge < -0.3 is 10.1 Å². The zero-order valence-corrected chi connectivity index (χ0v) is 18.1. The molecular formula is C22H24N2O3S2. The van der Waals surface area contributed by atoms with Gasteiger partial charge >= 0.3 is 5.97 Å². The summed E-state index contributed by atoms with van der Waals surface area (Å²) in [6, 6.07) is 12.4. The van der Waals surface area contributed by atoms with Crippen LogP contribution < -0.4 is 5.32 Å². The third-order valence-electron chi connectivity index (χ3n) is 4.36. The summed E-state index contributed by atoms with van der Waals surface area (Å²) >= 11 is 3.11. The molecule has 1 aromatic carbocycles. The molecule has 3 aromatic rings. The maximum absolute atomic E-state index is 12.0. The normalized spacial score (nSPS) is 10.9. The molecule has 0 aliphatic carbocycles. The summed E-state index contributed by atoms with van der Waals surface area (Å²) in [6.45, 7) is 4.56. The van der Waals surface area contributed by atoms with E-state index in [1.165, 1.54) is 16.9 Å². The molecule has 0 unspecified atom stereocenters. The summed E-state index contributed by atoms with van der Waals surface area (Å²) < 4.78 is 5.07. The van der Waals surface area contributed by atoms with E-state index in [1.807, 2.05) is 22.9 Å². The highest BCUT2D eigenvalue weighted by molar-refractivity contribution is 7.20. The Morgan fingerprint density at radius 1 is 1.14 bits per heavy atom. The van der Waals surface area contributed by atoms with Crippen molar-refractivity contribution in [3.05, 3.63) is 64.0 Å². The molecular weight excluding hydrogens is 404 g/mol. The van der Waals surface area contributed by atoms with Gasteiger partial charge in [-0.1, -0.05) is 44.2 Å². The Kier molecular flexibility index (Phi) is 7.55. The molecule has 152 valence electrons. The lowest BCUT2D eigenvalue weighted by molar-refractivity contribution is -0.147. The van der Waals surface area contributed by atoms with Crippen molar-refractivity contribution >= 4 is 34.6 Å². The van der Waals surface area contributed by atoms with Gasteiger partial charge in [0.1, 0.15) is 5.01 Å². The molecule has 0 saturated carbocycles. The van der Waals surface area contributed by atoms with Crippen LogP contribution in [0.1, 0.15) is 36.6 Å². The van der Waals surface area contributed by atoms with Crippen LogP contribution in [0, 0.1) is 0 Å². The lowest BCUT2D eigenvalue weighted by Gasteiger charge is -2.08. The molecule has 0 aliphatic rings. The Labute approximate surface area is 178 Å². The zero-order chi connectivity index (χ0) is 20.6. The SMILES string of the molecule is CC(C)c1ccc(CCNC(=O)COC(=O)Cc2csc(-c3cccs3)n2)cc1. The standard InChI is InChI=1S/C22H24N2O3S2/c1-15(2)17-7-5-16(6-8-17)9-10-23-20(25)13-27-21(26)12-18-14-29-22(24-18)19-4-3-11-28-19/h3-8,11,14-15H,9-10,12-13H2,1-2H3,(H,23,25). The van der Waals surface area contributed by atoms with Gasteiger partial charge in [0.05, 0.1) is 17.0 Å². The molecule has 0 atom stereocenters. The van der Waals surface area contributed by atoms with E-state index >= 15 is 0 Å². The number of ether oxygens (including phenoxy) is 1. The van der Waals surface area contributed by atoms with Gasteiger partial charge in [0, 0.05) is 11.9 Å². The minimum atomic E-state index is -0.451. The van der Waals surface area contributed by atoms with Crippen LogP contribution in [0.4, 0.5) is 0 Å². The maximum atomic E-state index is 12.0. The fraction of sp³-hybridized carbons (Fsp3) is 0.318. The molecule has 0 aliphatic heterocycles. The van der Waals surface area contributed by atoms with Crippen LogP contribution in [0.15, 0.2) is 47.2 Å². The van der Waals surface area contributed by atoms with Gasteiger partial charge in [0.2, 0.25) is 0 Å². The van der Waals surface area contributed by atoms with E-state index in [0.29, 0.717) is 18.2 Å². The Morgan fingerprint density at radius 2 is 1.93 bits per heavy atom. The van der Waals surface area contributed by atoms with Crippen LogP contribution in [0.2, 0.25) is 0 Å². The molecule has 7 heteroatoms. The first-order valence-electron chi connectivity index (χ1n) is 9.50. The van der Waals surface area contributed by atoms with E-state index in [2.05, 4.69) is 48.4 Å². The molecule has 2 heterocycles. The van der Waals surface area contributed by atoms with E-state index in [9.17, 15) is 9.59 Å². The average Bonchev–Trinajstić information content (AvgIpc) is 3.38. The van der Waals surface area contributed by atoms with Gasteiger partial charge in [-0.3, -0.25) is 9.59 Å². The first-order chi connectivity index (χ1) is 14.0. The number of thiophene rings is 1. The highest BCUT2D eigenvalue weighted by Gasteiger charge is 2.12. The first kappa shape index (κ1) is 21.2. The van der Waals surface area contributed by atoms with Crippen LogP contribution >= 0.6 is 22.7 Å². The second-order valence-electron chi connectivity index (χ2n) is 6.95. The summed E-state index contributed by atoms with van der Waals surface area (Å²) in [5.41, 5.74) is 3.12. The minimum Gasteiger partial charge on any atom is -0.455 e. The van der Waals surface area contributed by atoms with E-state index in [4.69, 9.17) is 4.74 Å². The summed E-state index contributed by atoms with van der Waals surface area (Å²) in [5, 5.41) is 7.51. The lowest BCUT2D eigenvalue weighted by atomic mass is 10.0. The van der Waals surface area contributed by atoms with E-state index in [1.54, 1.807) is 11.3 Å². The summed E-state index contributed by atoms with van der Waals surface area (Å²) in [4.78, 5) is 29.4. The smallest absolute Gasteiger partial charge is 0.312 e. The molecule has 0 radical (unpaired) electrons. The van der Waals surface area contributed by atoms with Gasteiger partial charge in [0.25, 0.3) is 5.91 Å². The maximum Gasteiger partial charge on any atom is 0.312 e. The highest BCUT2D eigenvalue weighted by atomic mass is 32.1. The van der Waals surface area contributed by atoms with Crippen molar-refractivity contribution in [3.8, 4) is 9.88 Å². The van der Waals surface area contributed by atoms with Gasteiger partial charge in [-0.05, 0) is 34.9 Å². The quantitative estimate of drug-likeness (QED) is 0.512. The van der Waals surface area contributed by atoms with Crippen LogP contribution in [0.5, 0.6) is 0 Å². The molecule has 1 N–H and O–H groups in total. The van der Waals surface area contributed by atoms with Gasteiger partial charge in [-0.15, -0.1) is 22.7 Å². The third-order valence-corrected chi connectivity index (χ3v) is 6.29. The van der Waals surface area contributed by atoms with Crippen LogP contribution in [-0.2, 0) is 27.2 Å². The third kappa shape index (κ3) is 6.51. The van der Waals surface area contributed by atoms with Crippen molar-refractivity contribution in [1.29, 1.82) is 0 Å². The van der Waals surface area contributed by atoms with Crippen molar-refractivity contribution in [2.45, 2.75) is 32.6 Å². The largest absolute Gasteiger partial charge is 0.455 e. The van der Waals surface area contributed by atoms with Crippen molar-refractivity contribution in [1.82, 2.24) is 10.3 Å². The molecule has 29 heavy (non-hydrogen) atoms. The number of esters is 1. The van der Waals surface area contributed by atoms with E-state index < -0.39 is 5.97 Å². The number of carbonyl (C=O) groups excluding carboxylic acids is 2. The number of hydrogen-bond donors (Lipinski definition) is 1. The van der Waals surface area contributed by atoms with Crippen molar-refractivity contribution in [2.75, 3.05) is 13.2 Å². The summed E-state index contributed by atoms with van der Waals surface area (Å²) in [5.74, 6) is -0.243. The molecule has 2 aromatic heterocycles. The lowest BCUT2D eigenvalue weighted by Crippen LogP contribution is -2.30. The average molecular weight is 429 g/mol. The molecule has 0 bridgehead atoms. The Hall–Kier alpha value is -2.51. The highest BCUT2D eigenvalue weighted by Crippen LogP contribution is 2.27. The number of benzene rings is 1. The van der Waals surface area contributed by atoms with Crippen molar-refractivity contribution < 1.29 is 14.3 Å². The zero-order valence-electron chi connectivity index (χ0n) is 16.5. The number of aromatic nitrogens is 1. The Morgan fingerprint density at radius 3 is 2.62 bits per heavy atom. The van der Waals surface area contributed by atoms with Crippen molar-refractivity contribution in [2.24, 2.45) is 0 Å². The molecule has 0 fully saturated rings. The number of nitrogens with zero attached hydrogens (tertiary/aromatic N) is 1. The molecule has 1 amide bonds. The van der Waals surface area contributed by atoms with Gasteiger partial charge in [-0.2, -0.15) is 0 Å².